The standard InChI is InChI=1S/C11H15ClN4O/c1-7(6-17-3)4-10-14-15-11-5-9(12)13-8(2)16(10)11/h5,7H,4,6H2,1-3H3. The summed E-state index contributed by atoms with van der Waals surface area (Å²) in [6, 6.07) is 1.71. The fourth-order valence-electron chi connectivity index (χ4n) is 1.91. The largest absolute Gasteiger partial charge is 0.384 e. The molecule has 92 valence electrons. The van der Waals surface area contributed by atoms with Gasteiger partial charge in [0.25, 0.3) is 0 Å². The van der Waals surface area contributed by atoms with Gasteiger partial charge in [0.05, 0.1) is 0 Å². The maximum atomic E-state index is 5.88. The number of nitrogens with zero attached hydrogens (tertiary/aromatic N) is 4. The third-order valence-corrected chi connectivity index (χ3v) is 2.77. The van der Waals surface area contributed by atoms with E-state index in [-0.39, 0.29) is 0 Å². The van der Waals surface area contributed by atoms with Gasteiger partial charge in [-0.15, -0.1) is 10.2 Å². The molecule has 0 spiro atoms. The summed E-state index contributed by atoms with van der Waals surface area (Å²) in [5.41, 5.74) is 0.738. The van der Waals surface area contributed by atoms with Gasteiger partial charge in [0.1, 0.15) is 16.8 Å². The lowest BCUT2D eigenvalue weighted by molar-refractivity contribution is 0.158. The van der Waals surface area contributed by atoms with Crippen LogP contribution in [-0.4, -0.2) is 33.3 Å². The van der Waals surface area contributed by atoms with Crippen LogP contribution in [0.2, 0.25) is 5.15 Å². The van der Waals surface area contributed by atoms with Crippen molar-refractivity contribution >= 4 is 17.2 Å². The molecule has 2 rings (SSSR count). The Morgan fingerprint density at radius 3 is 2.94 bits per heavy atom. The van der Waals surface area contributed by atoms with Crippen molar-refractivity contribution in [3.8, 4) is 0 Å². The van der Waals surface area contributed by atoms with Crippen molar-refractivity contribution in [1.29, 1.82) is 0 Å². The maximum absolute atomic E-state index is 5.88. The molecule has 0 fully saturated rings. The van der Waals surface area contributed by atoms with Crippen molar-refractivity contribution in [2.24, 2.45) is 5.92 Å². The van der Waals surface area contributed by atoms with Crippen LogP contribution in [0.25, 0.3) is 5.65 Å². The Balaban J connectivity index is 2.36. The Hall–Kier alpha value is -1.20. The smallest absolute Gasteiger partial charge is 0.165 e. The van der Waals surface area contributed by atoms with Crippen molar-refractivity contribution in [3.05, 3.63) is 22.9 Å². The molecule has 17 heavy (non-hydrogen) atoms. The van der Waals surface area contributed by atoms with Gasteiger partial charge in [-0.2, -0.15) is 0 Å². The second kappa shape index (κ2) is 4.98. The Bertz CT molecular complexity index is 525. The molecule has 0 aliphatic heterocycles. The summed E-state index contributed by atoms with van der Waals surface area (Å²) in [6.45, 7) is 4.71. The van der Waals surface area contributed by atoms with E-state index in [1.807, 2.05) is 11.3 Å². The molecule has 0 aromatic carbocycles. The zero-order valence-electron chi connectivity index (χ0n) is 10.1. The van der Waals surface area contributed by atoms with Gasteiger partial charge in [-0.25, -0.2) is 4.98 Å². The second-order valence-electron chi connectivity index (χ2n) is 4.20. The molecule has 0 saturated carbocycles. The molecular weight excluding hydrogens is 240 g/mol. The zero-order chi connectivity index (χ0) is 12.4. The van der Waals surface area contributed by atoms with Crippen LogP contribution in [0.5, 0.6) is 0 Å². The van der Waals surface area contributed by atoms with Gasteiger partial charge in [-0.1, -0.05) is 18.5 Å². The minimum atomic E-state index is 0.391. The summed E-state index contributed by atoms with van der Waals surface area (Å²) in [4.78, 5) is 4.21. The maximum Gasteiger partial charge on any atom is 0.165 e. The summed E-state index contributed by atoms with van der Waals surface area (Å²) in [5.74, 6) is 2.09. The number of fused-ring (bicyclic) bond motifs is 1. The first-order chi connectivity index (χ1) is 8.11. The average Bonchev–Trinajstić information content (AvgIpc) is 2.61. The SMILES string of the molecule is COCC(C)Cc1nnc2cc(Cl)nc(C)n12. The van der Waals surface area contributed by atoms with Gasteiger partial charge in [0.15, 0.2) is 5.65 Å². The number of aryl methyl sites for hydroxylation is 1. The van der Waals surface area contributed by atoms with E-state index in [0.29, 0.717) is 17.7 Å². The molecule has 0 saturated heterocycles. The molecular formula is C11H15ClN4O. The number of rotatable bonds is 4. The Kier molecular flexibility index (Phi) is 3.59. The molecule has 0 amide bonds. The van der Waals surface area contributed by atoms with E-state index in [1.165, 1.54) is 0 Å². The van der Waals surface area contributed by atoms with Crippen molar-refractivity contribution in [2.75, 3.05) is 13.7 Å². The van der Waals surface area contributed by atoms with Crippen LogP contribution in [-0.2, 0) is 11.2 Å². The number of aromatic nitrogens is 4. The van der Waals surface area contributed by atoms with Gasteiger partial charge in [-0.3, -0.25) is 4.40 Å². The summed E-state index contributed by atoms with van der Waals surface area (Å²) in [7, 11) is 1.70. The highest BCUT2D eigenvalue weighted by atomic mass is 35.5. The van der Waals surface area contributed by atoms with Crippen LogP contribution >= 0.6 is 11.6 Å². The van der Waals surface area contributed by atoms with Crippen molar-refractivity contribution in [1.82, 2.24) is 19.6 Å². The van der Waals surface area contributed by atoms with Crippen LogP contribution < -0.4 is 0 Å². The van der Waals surface area contributed by atoms with E-state index in [4.69, 9.17) is 16.3 Å². The molecule has 2 heterocycles. The highest BCUT2D eigenvalue weighted by Crippen LogP contribution is 2.14. The predicted molar refractivity (Wildman–Crippen MR) is 65.3 cm³/mol. The Morgan fingerprint density at radius 1 is 1.47 bits per heavy atom. The summed E-state index contributed by atoms with van der Waals surface area (Å²) in [6.07, 6.45) is 0.805. The van der Waals surface area contributed by atoms with Crippen LogP contribution in [0, 0.1) is 12.8 Å². The molecule has 0 bridgehead atoms. The first-order valence-corrected chi connectivity index (χ1v) is 5.85. The first kappa shape index (κ1) is 12.3. The van der Waals surface area contributed by atoms with Crippen LogP contribution in [0.1, 0.15) is 18.6 Å². The third-order valence-electron chi connectivity index (χ3n) is 2.58. The number of halogens is 1. The molecule has 2 aromatic rings. The molecule has 0 aliphatic rings. The van der Waals surface area contributed by atoms with E-state index in [2.05, 4.69) is 22.1 Å². The molecule has 0 N–H and O–H groups in total. The van der Waals surface area contributed by atoms with Crippen molar-refractivity contribution < 1.29 is 4.74 Å². The van der Waals surface area contributed by atoms with E-state index in [0.717, 1.165) is 23.7 Å². The normalized spacial score (nSPS) is 13.2. The molecule has 1 atom stereocenters. The topological polar surface area (TPSA) is 52.3 Å². The highest BCUT2D eigenvalue weighted by Gasteiger charge is 2.12. The third kappa shape index (κ3) is 2.56. The van der Waals surface area contributed by atoms with E-state index < -0.39 is 0 Å². The lowest BCUT2D eigenvalue weighted by atomic mass is 10.1. The number of ether oxygens (including phenoxy) is 1. The minimum absolute atomic E-state index is 0.391. The lowest BCUT2D eigenvalue weighted by Gasteiger charge is -2.09. The molecule has 1 unspecified atom stereocenters. The first-order valence-electron chi connectivity index (χ1n) is 5.48. The molecule has 0 aliphatic carbocycles. The average molecular weight is 255 g/mol. The van der Waals surface area contributed by atoms with Crippen LogP contribution in [0.3, 0.4) is 0 Å². The summed E-state index contributed by atoms with van der Waals surface area (Å²) in [5, 5.41) is 8.72. The fraction of sp³-hybridized carbons (Fsp3) is 0.545. The minimum Gasteiger partial charge on any atom is -0.384 e. The summed E-state index contributed by atoms with van der Waals surface area (Å²) >= 11 is 5.88. The lowest BCUT2D eigenvalue weighted by Crippen LogP contribution is -2.11. The van der Waals surface area contributed by atoms with Gasteiger partial charge >= 0.3 is 0 Å². The summed E-state index contributed by atoms with van der Waals surface area (Å²) < 4.78 is 7.05. The van der Waals surface area contributed by atoms with Crippen LogP contribution in [0.4, 0.5) is 0 Å². The van der Waals surface area contributed by atoms with Crippen molar-refractivity contribution in [2.45, 2.75) is 20.3 Å². The monoisotopic (exact) mass is 254 g/mol. The highest BCUT2D eigenvalue weighted by molar-refractivity contribution is 6.29. The van der Waals surface area contributed by atoms with Gasteiger partial charge in [0, 0.05) is 26.2 Å². The number of hydrogen-bond donors (Lipinski definition) is 0. The molecule has 0 radical (unpaired) electrons. The van der Waals surface area contributed by atoms with Gasteiger partial charge < -0.3 is 4.74 Å². The Morgan fingerprint density at radius 2 is 2.24 bits per heavy atom. The number of hydrogen-bond acceptors (Lipinski definition) is 4. The number of methoxy groups -OCH3 is 1. The quantitative estimate of drug-likeness (QED) is 0.782. The predicted octanol–water partition coefficient (Wildman–Crippen LogP) is 1.91. The van der Waals surface area contributed by atoms with Gasteiger partial charge in [0.2, 0.25) is 0 Å². The van der Waals surface area contributed by atoms with Crippen molar-refractivity contribution in [3.63, 3.8) is 0 Å². The zero-order valence-corrected chi connectivity index (χ0v) is 10.9. The molecule has 5 nitrogen and oxygen atoms in total. The van der Waals surface area contributed by atoms with E-state index in [1.54, 1.807) is 13.2 Å². The van der Waals surface area contributed by atoms with E-state index in [9.17, 15) is 0 Å². The van der Waals surface area contributed by atoms with Gasteiger partial charge in [-0.05, 0) is 12.8 Å². The fourth-order valence-corrected chi connectivity index (χ4v) is 2.13. The Labute approximate surface area is 105 Å². The molecule has 6 heteroatoms. The van der Waals surface area contributed by atoms with E-state index >= 15 is 0 Å². The second-order valence-corrected chi connectivity index (χ2v) is 4.59. The van der Waals surface area contributed by atoms with Crippen LogP contribution in [0.15, 0.2) is 6.07 Å². The molecule has 2 aromatic heterocycles.